The number of benzene rings is 1. The molecule has 0 fully saturated rings. The Kier molecular flexibility index (Phi) is 6.75. The van der Waals surface area contributed by atoms with Gasteiger partial charge in [0.15, 0.2) is 5.16 Å². The molecule has 1 aromatic carbocycles. The van der Waals surface area contributed by atoms with Crippen LogP contribution in [0.3, 0.4) is 0 Å². The molecule has 7 heteroatoms. The van der Waals surface area contributed by atoms with Gasteiger partial charge in [0, 0.05) is 24.5 Å². The first-order chi connectivity index (χ1) is 11.9. The molecule has 0 aliphatic carbocycles. The van der Waals surface area contributed by atoms with Crippen molar-refractivity contribution in [2.45, 2.75) is 43.5 Å². The third-order valence-electron chi connectivity index (χ3n) is 3.71. The van der Waals surface area contributed by atoms with E-state index in [0.29, 0.717) is 29.4 Å². The zero-order chi connectivity index (χ0) is 18.4. The molecule has 2 aromatic rings. The number of amides is 1. The highest BCUT2D eigenvalue weighted by atomic mass is 32.2. The fourth-order valence-electron chi connectivity index (χ4n) is 2.24. The second kappa shape index (κ2) is 8.80. The predicted octanol–water partition coefficient (Wildman–Crippen LogP) is 3.38. The molecular weight excluding hydrogens is 341 g/mol. The van der Waals surface area contributed by atoms with Crippen LogP contribution in [0.2, 0.25) is 0 Å². The van der Waals surface area contributed by atoms with Crippen molar-refractivity contribution in [1.29, 1.82) is 0 Å². The van der Waals surface area contributed by atoms with Gasteiger partial charge in [0.1, 0.15) is 5.82 Å². The molecule has 5 nitrogen and oxygen atoms in total. The molecule has 0 aliphatic rings. The van der Waals surface area contributed by atoms with Crippen molar-refractivity contribution in [2.24, 2.45) is 7.05 Å². The molecule has 1 heterocycles. The quantitative estimate of drug-likeness (QED) is 0.605. The van der Waals surface area contributed by atoms with Gasteiger partial charge >= 0.3 is 0 Å². The number of halogens is 1. The fourth-order valence-corrected chi connectivity index (χ4v) is 3.43. The predicted molar refractivity (Wildman–Crippen MR) is 98.4 cm³/mol. The number of carbonyl (C=O) groups excluding carboxylic acids is 1. The summed E-state index contributed by atoms with van der Waals surface area (Å²) in [7, 11) is 1.65. The van der Waals surface area contributed by atoms with Crippen molar-refractivity contribution >= 4 is 23.4 Å². The van der Waals surface area contributed by atoms with Gasteiger partial charge in [0.2, 0.25) is 5.91 Å². The van der Waals surface area contributed by atoms with E-state index in [1.165, 1.54) is 46.7 Å². The number of nitrogens with one attached hydrogen (secondary N) is 1. The molecule has 25 heavy (non-hydrogen) atoms. The molecule has 2 rings (SSSR count). The maximum Gasteiger partial charge on any atom is 0.254 e. The van der Waals surface area contributed by atoms with Crippen molar-refractivity contribution in [3.05, 3.63) is 52.2 Å². The number of aryl methyl sites for hydroxylation is 1. The Morgan fingerprint density at radius 2 is 2.00 bits per heavy atom. The second-order valence-corrected chi connectivity index (χ2v) is 6.84. The number of anilines is 1. The lowest BCUT2D eigenvalue weighted by molar-refractivity contribution is -0.115. The maximum atomic E-state index is 13.0. The average Bonchev–Trinajstić information content (AvgIpc) is 2.60. The average molecular weight is 363 g/mol. The molecule has 1 unspecified atom stereocenters. The lowest BCUT2D eigenvalue weighted by atomic mass is 10.2. The highest BCUT2D eigenvalue weighted by Gasteiger charge is 2.21. The third kappa shape index (κ3) is 5.16. The summed E-state index contributed by atoms with van der Waals surface area (Å²) in [6, 6.07) is 7.15. The Hall–Kier alpha value is -2.15. The standard InChI is InChI=1S/C18H22FN3O2S/c1-4-6-15(17(24)20-14-9-7-12(19)8-10-14)25-18-21-13(5-2)11-16(23)22(18)3/h7-11,15H,4-6H2,1-3H3,(H,20,24). The number of hydrogen-bond donors (Lipinski definition) is 1. The van der Waals surface area contributed by atoms with Crippen molar-refractivity contribution < 1.29 is 9.18 Å². The number of hydrogen-bond acceptors (Lipinski definition) is 4. The number of aromatic nitrogens is 2. The normalized spacial score (nSPS) is 12.0. The van der Waals surface area contributed by atoms with Crippen LogP contribution in [0.1, 0.15) is 32.4 Å². The van der Waals surface area contributed by atoms with E-state index in [0.717, 1.165) is 6.42 Å². The zero-order valence-electron chi connectivity index (χ0n) is 14.6. The molecule has 0 radical (unpaired) electrons. The van der Waals surface area contributed by atoms with E-state index in [4.69, 9.17) is 0 Å². The van der Waals surface area contributed by atoms with E-state index in [9.17, 15) is 14.0 Å². The summed E-state index contributed by atoms with van der Waals surface area (Å²) in [5.41, 5.74) is 1.11. The Bertz CT molecular complexity index is 790. The van der Waals surface area contributed by atoms with E-state index in [1.54, 1.807) is 7.05 Å². The topological polar surface area (TPSA) is 64.0 Å². The van der Waals surface area contributed by atoms with Gasteiger partial charge in [-0.2, -0.15) is 0 Å². The summed E-state index contributed by atoms with van der Waals surface area (Å²) in [6.45, 7) is 3.93. The largest absolute Gasteiger partial charge is 0.325 e. The van der Waals surface area contributed by atoms with Crippen LogP contribution in [0.25, 0.3) is 0 Å². The molecule has 0 saturated heterocycles. The molecular formula is C18H22FN3O2S. The number of nitrogens with zero attached hydrogens (tertiary/aromatic N) is 2. The van der Waals surface area contributed by atoms with E-state index >= 15 is 0 Å². The molecule has 0 bridgehead atoms. The van der Waals surface area contributed by atoms with Crippen molar-refractivity contribution in [3.63, 3.8) is 0 Å². The zero-order valence-corrected chi connectivity index (χ0v) is 15.4. The summed E-state index contributed by atoms with van der Waals surface area (Å²) < 4.78 is 14.4. The van der Waals surface area contributed by atoms with Crippen LogP contribution in [0.4, 0.5) is 10.1 Å². The number of carbonyl (C=O) groups is 1. The van der Waals surface area contributed by atoms with Crippen molar-refractivity contribution in [3.8, 4) is 0 Å². The van der Waals surface area contributed by atoms with Gasteiger partial charge in [0.25, 0.3) is 5.56 Å². The van der Waals surface area contributed by atoms with Crippen molar-refractivity contribution in [2.75, 3.05) is 5.32 Å². The Morgan fingerprint density at radius 1 is 1.32 bits per heavy atom. The van der Waals surface area contributed by atoms with E-state index in [1.807, 2.05) is 13.8 Å². The summed E-state index contributed by atoms with van der Waals surface area (Å²) in [5.74, 6) is -0.539. The molecule has 1 N–H and O–H groups in total. The van der Waals surface area contributed by atoms with Crippen LogP contribution in [-0.4, -0.2) is 20.7 Å². The summed E-state index contributed by atoms with van der Waals surface area (Å²) >= 11 is 1.28. The fraction of sp³-hybridized carbons (Fsp3) is 0.389. The minimum atomic E-state index is -0.389. The molecule has 0 aliphatic heterocycles. The minimum absolute atomic E-state index is 0.136. The van der Waals surface area contributed by atoms with Crippen LogP contribution in [0.15, 0.2) is 40.3 Å². The molecule has 1 atom stereocenters. The van der Waals surface area contributed by atoms with Gasteiger partial charge in [0.05, 0.1) is 5.25 Å². The highest BCUT2D eigenvalue weighted by molar-refractivity contribution is 8.00. The molecule has 134 valence electrons. The van der Waals surface area contributed by atoms with Gasteiger partial charge in [-0.3, -0.25) is 14.2 Å². The Morgan fingerprint density at radius 3 is 2.60 bits per heavy atom. The van der Waals surface area contributed by atoms with Crippen LogP contribution in [0.5, 0.6) is 0 Å². The third-order valence-corrected chi connectivity index (χ3v) is 5.02. The molecule has 1 amide bonds. The van der Waals surface area contributed by atoms with Crippen molar-refractivity contribution in [1.82, 2.24) is 9.55 Å². The van der Waals surface area contributed by atoms with Crippen LogP contribution < -0.4 is 10.9 Å². The van der Waals surface area contributed by atoms with Gasteiger partial charge in [-0.15, -0.1) is 0 Å². The van der Waals surface area contributed by atoms with Gasteiger partial charge in [-0.25, -0.2) is 9.37 Å². The number of thioether (sulfide) groups is 1. The van der Waals surface area contributed by atoms with E-state index < -0.39 is 0 Å². The first kappa shape index (κ1) is 19.2. The molecule has 0 saturated carbocycles. The SMILES string of the molecule is CCCC(Sc1nc(CC)cc(=O)n1C)C(=O)Nc1ccc(F)cc1. The maximum absolute atomic E-state index is 13.0. The lowest BCUT2D eigenvalue weighted by Crippen LogP contribution is -2.27. The van der Waals surface area contributed by atoms with Gasteiger partial charge < -0.3 is 5.32 Å². The Labute approximate surface area is 150 Å². The van der Waals surface area contributed by atoms with E-state index in [2.05, 4.69) is 10.3 Å². The lowest BCUT2D eigenvalue weighted by Gasteiger charge is -2.17. The smallest absolute Gasteiger partial charge is 0.254 e. The summed E-state index contributed by atoms with van der Waals surface area (Å²) in [5, 5.41) is 2.93. The minimum Gasteiger partial charge on any atom is -0.325 e. The summed E-state index contributed by atoms with van der Waals surface area (Å²) in [6.07, 6.45) is 2.11. The highest BCUT2D eigenvalue weighted by Crippen LogP contribution is 2.25. The van der Waals surface area contributed by atoms with Gasteiger partial charge in [-0.05, 0) is 37.1 Å². The van der Waals surface area contributed by atoms with E-state index in [-0.39, 0.29) is 22.5 Å². The van der Waals surface area contributed by atoms with Gasteiger partial charge in [-0.1, -0.05) is 32.0 Å². The van der Waals surface area contributed by atoms with Crippen LogP contribution in [0, 0.1) is 5.82 Å². The van der Waals surface area contributed by atoms with Crippen LogP contribution in [-0.2, 0) is 18.3 Å². The second-order valence-electron chi connectivity index (χ2n) is 5.67. The summed E-state index contributed by atoms with van der Waals surface area (Å²) in [4.78, 5) is 29.1. The monoisotopic (exact) mass is 363 g/mol. The number of rotatable bonds is 7. The molecule has 1 aromatic heterocycles. The molecule has 0 spiro atoms. The first-order valence-corrected chi connectivity index (χ1v) is 9.12. The van der Waals surface area contributed by atoms with Crippen LogP contribution >= 0.6 is 11.8 Å². The Balaban J connectivity index is 2.20. The first-order valence-electron chi connectivity index (χ1n) is 8.24.